The highest BCUT2D eigenvalue weighted by molar-refractivity contribution is 7.88. The lowest BCUT2D eigenvalue weighted by atomic mass is 10.1. The van der Waals surface area contributed by atoms with Crippen LogP contribution in [0, 0.1) is 0 Å². The van der Waals surface area contributed by atoms with Crippen LogP contribution >= 0.6 is 0 Å². The molecule has 2 fully saturated rings. The maximum atomic E-state index is 11.3. The summed E-state index contributed by atoms with van der Waals surface area (Å²) in [6.45, 7) is 2.45. The maximum Gasteiger partial charge on any atom is 0.208 e. The van der Waals surface area contributed by atoms with E-state index < -0.39 is 10.0 Å². The molecule has 1 aliphatic carbocycles. The standard InChI is InChI=1S/C13H21N3O3S/c1-20(17,18)15-11-3-2-6-16(8-11)9-12-7-13(19-14-12)10-4-5-10/h7,10-11,15H,2-6,8-9H2,1H3. The van der Waals surface area contributed by atoms with Crippen molar-refractivity contribution >= 4 is 10.0 Å². The summed E-state index contributed by atoms with van der Waals surface area (Å²) in [6, 6.07) is 2.05. The Bertz CT molecular complexity index is 565. The molecule has 0 amide bonds. The molecule has 1 atom stereocenters. The average Bonchev–Trinajstić information content (AvgIpc) is 3.09. The summed E-state index contributed by atoms with van der Waals surface area (Å²) in [5.41, 5.74) is 0.951. The Labute approximate surface area is 119 Å². The predicted octanol–water partition coefficient (Wildman–Crippen LogP) is 1.07. The highest BCUT2D eigenvalue weighted by atomic mass is 32.2. The van der Waals surface area contributed by atoms with Crippen LogP contribution in [0.25, 0.3) is 0 Å². The molecule has 1 saturated carbocycles. The molecule has 112 valence electrons. The molecule has 1 aliphatic heterocycles. The molecular formula is C13H21N3O3S. The maximum absolute atomic E-state index is 11.3. The van der Waals surface area contributed by atoms with Crippen LogP contribution in [0.5, 0.6) is 0 Å². The van der Waals surface area contributed by atoms with Crippen molar-refractivity contribution in [3.63, 3.8) is 0 Å². The monoisotopic (exact) mass is 299 g/mol. The number of sulfonamides is 1. The number of rotatable bonds is 5. The van der Waals surface area contributed by atoms with Crippen LogP contribution in [0.3, 0.4) is 0 Å². The van der Waals surface area contributed by atoms with Gasteiger partial charge in [0.15, 0.2) is 0 Å². The lowest BCUT2D eigenvalue weighted by Crippen LogP contribution is -2.47. The van der Waals surface area contributed by atoms with Crippen molar-refractivity contribution in [3.05, 3.63) is 17.5 Å². The number of nitrogens with zero attached hydrogens (tertiary/aromatic N) is 2. The van der Waals surface area contributed by atoms with Crippen molar-refractivity contribution in [2.45, 2.75) is 44.2 Å². The predicted molar refractivity (Wildman–Crippen MR) is 74.8 cm³/mol. The number of hydrogen-bond donors (Lipinski definition) is 1. The molecule has 1 aromatic heterocycles. The van der Waals surface area contributed by atoms with E-state index in [2.05, 4.69) is 14.8 Å². The van der Waals surface area contributed by atoms with Crippen LogP contribution in [0.15, 0.2) is 10.6 Å². The number of likely N-dealkylation sites (tertiary alicyclic amines) is 1. The normalized spacial score (nSPS) is 24.9. The third-order valence-electron chi connectivity index (χ3n) is 3.83. The Kier molecular flexibility index (Phi) is 3.83. The van der Waals surface area contributed by atoms with Gasteiger partial charge in [-0.1, -0.05) is 5.16 Å². The second kappa shape index (κ2) is 5.46. The van der Waals surface area contributed by atoms with Crippen molar-refractivity contribution in [2.24, 2.45) is 0 Å². The summed E-state index contributed by atoms with van der Waals surface area (Å²) in [5, 5.41) is 4.12. The zero-order chi connectivity index (χ0) is 14.2. The molecule has 3 rings (SSSR count). The molecule has 1 N–H and O–H groups in total. The second-order valence-corrected chi connectivity index (χ2v) is 7.74. The quantitative estimate of drug-likeness (QED) is 0.880. The van der Waals surface area contributed by atoms with Crippen LogP contribution in [0.4, 0.5) is 0 Å². The summed E-state index contributed by atoms with van der Waals surface area (Å²) < 4.78 is 30.6. The van der Waals surface area contributed by atoms with Gasteiger partial charge >= 0.3 is 0 Å². The Morgan fingerprint density at radius 1 is 1.45 bits per heavy atom. The third-order valence-corrected chi connectivity index (χ3v) is 4.59. The summed E-state index contributed by atoms with van der Waals surface area (Å²) in [5.74, 6) is 1.58. The van der Waals surface area contributed by atoms with Gasteiger partial charge in [0.1, 0.15) is 5.76 Å². The van der Waals surface area contributed by atoms with Crippen molar-refractivity contribution < 1.29 is 12.9 Å². The fraction of sp³-hybridized carbons (Fsp3) is 0.769. The lowest BCUT2D eigenvalue weighted by Gasteiger charge is -2.32. The molecular weight excluding hydrogens is 278 g/mol. The molecule has 1 unspecified atom stereocenters. The van der Waals surface area contributed by atoms with E-state index in [0.717, 1.165) is 43.9 Å². The summed E-state index contributed by atoms with van der Waals surface area (Å²) in [4.78, 5) is 2.24. The van der Waals surface area contributed by atoms with Crippen molar-refractivity contribution in [2.75, 3.05) is 19.3 Å². The van der Waals surface area contributed by atoms with E-state index in [9.17, 15) is 8.42 Å². The van der Waals surface area contributed by atoms with Gasteiger partial charge in [-0.3, -0.25) is 4.90 Å². The van der Waals surface area contributed by atoms with E-state index in [1.165, 1.54) is 19.1 Å². The Morgan fingerprint density at radius 3 is 2.95 bits per heavy atom. The smallest absolute Gasteiger partial charge is 0.208 e. The number of aromatic nitrogens is 1. The minimum Gasteiger partial charge on any atom is -0.361 e. The van der Waals surface area contributed by atoms with Crippen LogP contribution in [-0.2, 0) is 16.6 Å². The van der Waals surface area contributed by atoms with E-state index in [0.29, 0.717) is 5.92 Å². The van der Waals surface area contributed by atoms with Crippen molar-refractivity contribution in [3.8, 4) is 0 Å². The first-order chi connectivity index (χ1) is 9.49. The van der Waals surface area contributed by atoms with Gasteiger partial charge in [0.25, 0.3) is 0 Å². The van der Waals surface area contributed by atoms with Crippen LogP contribution in [0.2, 0.25) is 0 Å². The molecule has 2 aliphatic rings. The Morgan fingerprint density at radius 2 is 2.25 bits per heavy atom. The summed E-state index contributed by atoms with van der Waals surface area (Å²) in [7, 11) is -3.13. The number of piperidine rings is 1. The zero-order valence-electron chi connectivity index (χ0n) is 11.7. The van der Waals surface area contributed by atoms with Gasteiger partial charge in [0.2, 0.25) is 10.0 Å². The number of hydrogen-bond acceptors (Lipinski definition) is 5. The molecule has 1 saturated heterocycles. The van der Waals surface area contributed by atoms with E-state index in [4.69, 9.17) is 4.52 Å². The van der Waals surface area contributed by atoms with Gasteiger partial charge in [-0.15, -0.1) is 0 Å². The van der Waals surface area contributed by atoms with E-state index in [1.54, 1.807) is 0 Å². The van der Waals surface area contributed by atoms with Gasteiger partial charge in [-0.25, -0.2) is 13.1 Å². The van der Waals surface area contributed by atoms with E-state index in [-0.39, 0.29) is 6.04 Å². The van der Waals surface area contributed by atoms with Gasteiger partial charge in [-0.05, 0) is 32.2 Å². The molecule has 0 bridgehead atoms. The number of nitrogens with one attached hydrogen (secondary N) is 1. The van der Waals surface area contributed by atoms with Crippen LogP contribution in [0.1, 0.15) is 43.1 Å². The SMILES string of the molecule is CS(=O)(=O)NC1CCCN(Cc2cc(C3CC3)on2)C1. The molecule has 20 heavy (non-hydrogen) atoms. The molecule has 7 heteroatoms. The van der Waals surface area contributed by atoms with Gasteiger partial charge in [-0.2, -0.15) is 0 Å². The molecule has 1 aromatic rings. The van der Waals surface area contributed by atoms with Crippen LogP contribution < -0.4 is 4.72 Å². The summed E-state index contributed by atoms with van der Waals surface area (Å²) >= 11 is 0. The van der Waals surface area contributed by atoms with Gasteiger partial charge in [0, 0.05) is 31.1 Å². The van der Waals surface area contributed by atoms with E-state index >= 15 is 0 Å². The summed E-state index contributed by atoms with van der Waals surface area (Å²) in [6.07, 6.45) is 5.53. The minimum absolute atomic E-state index is 0.00792. The highest BCUT2D eigenvalue weighted by Gasteiger charge is 2.28. The largest absolute Gasteiger partial charge is 0.361 e. The van der Waals surface area contributed by atoms with Crippen LogP contribution in [-0.4, -0.2) is 43.9 Å². The minimum atomic E-state index is -3.13. The topological polar surface area (TPSA) is 75.4 Å². The van der Waals surface area contributed by atoms with E-state index in [1.807, 2.05) is 6.07 Å². The van der Waals surface area contributed by atoms with Gasteiger partial charge in [0.05, 0.1) is 11.9 Å². The third kappa shape index (κ3) is 3.80. The molecule has 6 nitrogen and oxygen atoms in total. The molecule has 0 spiro atoms. The van der Waals surface area contributed by atoms with Crippen molar-refractivity contribution in [1.29, 1.82) is 0 Å². The first-order valence-electron chi connectivity index (χ1n) is 7.15. The zero-order valence-corrected chi connectivity index (χ0v) is 12.5. The molecule has 0 radical (unpaired) electrons. The first kappa shape index (κ1) is 14.0. The Hall–Kier alpha value is -0.920. The molecule has 0 aromatic carbocycles. The Balaban J connectivity index is 1.56. The average molecular weight is 299 g/mol. The first-order valence-corrected chi connectivity index (χ1v) is 9.04. The lowest BCUT2D eigenvalue weighted by molar-refractivity contribution is 0.190. The van der Waals surface area contributed by atoms with Crippen molar-refractivity contribution in [1.82, 2.24) is 14.8 Å². The highest BCUT2D eigenvalue weighted by Crippen LogP contribution is 2.40. The fourth-order valence-corrected chi connectivity index (χ4v) is 3.59. The fourth-order valence-electron chi connectivity index (χ4n) is 2.79. The second-order valence-electron chi connectivity index (χ2n) is 5.96. The van der Waals surface area contributed by atoms with Gasteiger partial charge < -0.3 is 4.52 Å². The molecule has 2 heterocycles.